The van der Waals surface area contributed by atoms with Crippen molar-refractivity contribution in [2.45, 2.75) is 4.90 Å². The van der Waals surface area contributed by atoms with Crippen molar-refractivity contribution in [1.82, 2.24) is 0 Å². The number of amides is 1. The Morgan fingerprint density at radius 3 is 2.36 bits per heavy atom. The van der Waals surface area contributed by atoms with E-state index in [1.165, 1.54) is 50.6 Å². The Hall–Kier alpha value is -3.92. The summed E-state index contributed by atoms with van der Waals surface area (Å²) in [5, 5.41) is 2.29. The zero-order valence-corrected chi connectivity index (χ0v) is 18.6. The number of nitrogens with one attached hydrogen (secondary N) is 1. The summed E-state index contributed by atoms with van der Waals surface area (Å²) in [5.74, 6) is -1.69. The van der Waals surface area contributed by atoms with Gasteiger partial charge in [0, 0.05) is 7.05 Å². The summed E-state index contributed by atoms with van der Waals surface area (Å²) in [6.45, 7) is -0.671. The molecule has 3 rings (SSSR count). The number of anilines is 2. The van der Waals surface area contributed by atoms with Gasteiger partial charge in [0.25, 0.3) is 15.9 Å². The summed E-state index contributed by atoms with van der Waals surface area (Å²) >= 11 is 0. The molecule has 0 aliphatic heterocycles. The number of para-hydroxylation sites is 1. The van der Waals surface area contributed by atoms with E-state index in [0.717, 1.165) is 10.4 Å². The highest BCUT2D eigenvalue weighted by atomic mass is 32.2. The van der Waals surface area contributed by atoms with Crippen LogP contribution in [0.4, 0.5) is 15.8 Å². The zero-order valence-electron chi connectivity index (χ0n) is 17.8. The van der Waals surface area contributed by atoms with E-state index in [1.807, 2.05) is 0 Å². The molecule has 0 atom stereocenters. The van der Waals surface area contributed by atoms with Crippen molar-refractivity contribution < 1.29 is 31.9 Å². The first-order valence-electron chi connectivity index (χ1n) is 9.67. The molecule has 0 aromatic heterocycles. The predicted molar refractivity (Wildman–Crippen MR) is 120 cm³/mol. The maximum atomic E-state index is 13.6. The molecule has 1 N–H and O–H groups in total. The molecule has 10 heteroatoms. The summed E-state index contributed by atoms with van der Waals surface area (Å²) in [7, 11) is -1.09. The van der Waals surface area contributed by atoms with E-state index < -0.39 is 34.3 Å². The highest BCUT2D eigenvalue weighted by Crippen LogP contribution is 2.25. The molecular formula is C23H21FN2O6S. The quantitative estimate of drug-likeness (QED) is 0.504. The maximum Gasteiger partial charge on any atom is 0.338 e. The number of sulfonamides is 1. The molecule has 0 saturated carbocycles. The minimum absolute atomic E-state index is 0.0480. The van der Waals surface area contributed by atoms with Crippen LogP contribution in [0.25, 0.3) is 0 Å². The normalized spacial score (nSPS) is 10.9. The lowest BCUT2D eigenvalue weighted by Gasteiger charge is -2.20. The van der Waals surface area contributed by atoms with Gasteiger partial charge in [0.1, 0.15) is 11.6 Å². The second-order valence-corrected chi connectivity index (χ2v) is 8.77. The number of halogens is 1. The van der Waals surface area contributed by atoms with Crippen LogP contribution in [0.1, 0.15) is 10.4 Å². The SMILES string of the molecule is COc1ccc(N(C)S(=O)(=O)c2cccc(C(=O)OCC(=O)Nc3ccccc3F)c2)cc1. The second-order valence-electron chi connectivity index (χ2n) is 6.80. The Balaban J connectivity index is 1.69. The lowest BCUT2D eigenvalue weighted by Crippen LogP contribution is -2.27. The molecule has 33 heavy (non-hydrogen) atoms. The molecule has 172 valence electrons. The van der Waals surface area contributed by atoms with Crippen molar-refractivity contribution in [2.24, 2.45) is 0 Å². The molecule has 3 aromatic rings. The second kappa shape index (κ2) is 10.1. The summed E-state index contributed by atoms with van der Waals surface area (Å²) in [6, 6.07) is 17.2. The lowest BCUT2D eigenvalue weighted by atomic mass is 10.2. The first-order chi connectivity index (χ1) is 15.7. The molecular weight excluding hydrogens is 451 g/mol. The van der Waals surface area contributed by atoms with Gasteiger partial charge in [0.2, 0.25) is 0 Å². The van der Waals surface area contributed by atoms with Crippen LogP contribution in [0.15, 0.2) is 77.7 Å². The van der Waals surface area contributed by atoms with Crippen LogP contribution in [0.3, 0.4) is 0 Å². The molecule has 0 saturated heterocycles. The topological polar surface area (TPSA) is 102 Å². The lowest BCUT2D eigenvalue weighted by molar-refractivity contribution is -0.119. The van der Waals surface area contributed by atoms with Gasteiger partial charge in [-0.05, 0) is 54.6 Å². The van der Waals surface area contributed by atoms with Gasteiger partial charge in [-0.3, -0.25) is 9.10 Å². The highest BCUT2D eigenvalue weighted by Gasteiger charge is 2.23. The van der Waals surface area contributed by atoms with E-state index in [-0.39, 0.29) is 16.1 Å². The van der Waals surface area contributed by atoms with Crippen molar-refractivity contribution in [1.29, 1.82) is 0 Å². The molecule has 1 amide bonds. The minimum atomic E-state index is -3.98. The Labute approximate surface area is 190 Å². The van der Waals surface area contributed by atoms with E-state index >= 15 is 0 Å². The van der Waals surface area contributed by atoms with Crippen LogP contribution in [0.2, 0.25) is 0 Å². The summed E-state index contributed by atoms with van der Waals surface area (Å²) in [4.78, 5) is 24.2. The van der Waals surface area contributed by atoms with Gasteiger partial charge in [-0.25, -0.2) is 17.6 Å². The fourth-order valence-corrected chi connectivity index (χ4v) is 4.08. The number of hydrogen-bond donors (Lipinski definition) is 1. The zero-order chi connectivity index (χ0) is 24.0. The number of benzene rings is 3. The number of carbonyl (C=O) groups excluding carboxylic acids is 2. The molecule has 0 spiro atoms. The van der Waals surface area contributed by atoms with Crippen LogP contribution < -0.4 is 14.4 Å². The van der Waals surface area contributed by atoms with Crippen LogP contribution in [-0.2, 0) is 19.6 Å². The molecule has 0 fully saturated rings. The van der Waals surface area contributed by atoms with Gasteiger partial charge in [0.05, 0.1) is 28.9 Å². The Kier molecular flexibility index (Phi) is 7.29. The third kappa shape index (κ3) is 5.66. The Morgan fingerprint density at radius 2 is 1.70 bits per heavy atom. The van der Waals surface area contributed by atoms with Crippen molar-refractivity contribution in [3.63, 3.8) is 0 Å². The maximum absolute atomic E-state index is 13.6. The number of nitrogens with zero attached hydrogens (tertiary/aromatic N) is 1. The fourth-order valence-electron chi connectivity index (χ4n) is 2.84. The Morgan fingerprint density at radius 1 is 1.00 bits per heavy atom. The Bertz CT molecular complexity index is 1260. The van der Waals surface area contributed by atoms with E-state index in [1.54, 1.807) is 30.3 Å². The molecule has 0 unspecified atom stereocenters. The number of carbonyl (C=O) groups is 2. The number of ether oxygens (including phenoxy) is 2. The molecule has 0 heterocycles. The van der Waals surface area contributed by atoms with Crippen LogP contribution in [-0.4, -0.2) is 41.1 Å². The van der Waals surface area contributed by atoms with Gasteiger partial charge in [-0.1, -0.05) is 18.2 Å². The average molecular weight is 472 g/mol. The smallest absolute Gasteiger partial charge is 0.338 e. The predicted octanol–water partition coefficient (Wildman–Crippen LogP) is 3.45. The number of esters is 1. The molecule has 0 bridgehead atoms. The van der Waals surface area contributed by atoms with E-state index in [4.69, 9.17) is 9.47 Å². The minimum Gasteiger partial charge on any atom is -0.497 e. The molecule has 0 radical (unpaired) electrons. The van der Waals surface area contributed by atoms with E-state index in [9.17, 15) is 22.4 Å². The highest BCUT2D eigenvalue weighted by molar-refractivity contribution is 7.92. The molecule has 0 aliphatic carbocycles. The van der Waals surface area contributed by atoms with Crippen molar-refractivity contribution in [3.05, 3.63) is 84.2 Å². The average Bonchev–Trinajstić information content (AvgIpc) is 2.83. The molecule has 8 nitrogen and oxygen atoms in total. The standard InChI is InChI=1S/C23H21FN2O6S/c1-26(17-10-12-18(31-2)13-11-17)33(29,30)19-7-5-6-16(14-19)23(28)32-15-22(27)25-21-9-4-3-8-20(21)24/h3-14H,15H2,1-2H3,(H,25,27). The number of methoxy groups -OCH3 is 1. The van der Waals surface area contributed by atoms with Gasteiger partial charge in [-0.15, -0.1) is 0 Å². The number of hydrogen-bond acceptors (Lipinski definition) is 6. The summed E-state index contributed by atoms with van der Waals surface area (Å²) in [5.41, 5.74) is 0.291. The molecule has 0 aliphatic rings. The van der Waals surface area contributed by atoms with Gasteiger partial charge in [0.15, 0.2) is 6.61 Å². The fraction of sp³-hybridized carbons (Fsp3) is 0.130. The van der Waals surface area contributed by atoms with Gasteiger partial charge >= 0.3 is 5.97 Å². The van der Waals surface area contributed by atoms with E-state index in [2.05, 4.69) is 5.32 Å². The van der Waals surface area contributed by atoms with Crippen molar-refractivity contribution >= 4 is 33.3 Å². The third-order valence-corrected chi connectivity index (χ3v) is 6.43. The van der Waals surface area contributed by atoms with Gasteiger partial charge in [-0.2, -0.15) is 0 Å². The van der Waals surface area contributed by atoms with Gasteiger partial charge < -0.3 is 14.8 Å². The largest absolute Gasteiger partial charge is 0.497 e. The first kappa shape index (κ1) is 23.7. The van der Waals surface area contributed by atoms with Crippen molar-refractivity contribution in [2.75, 3.05) is 30.4 Å². The monoisotopic (exact) mass is 472 g/mol. The van der Waals surface area contributed by atoms with Crippen molar-refractivity contribution in [3.8, 4) is 5.75 Å². The summed E-state index contributed by atoms with van der Waals surface area (Å²) in [6.07, 6.45) is 0. The number of rotatable bonds is 8. The molecule has 3 aromatic carbocycles. The van der Waals surface area contributed by atoms with Crippen LogP contribution in [0, 0.1) is 5.82 Å². The third-order valence-electron chi connectivity index (χ3n) is 4.65. The first-order valence-corrected chi connectivity index (χ1v) is 11.1. The summed E-state index contributed by atoms with van der Waals surface area (Å²) < 4.78 is 50.7. The van der Waals surface area contributed by atoms with Crippen LogP contribution >= 0.6 is 0 Å². The van der Waals surface area contributed by atoms with Crippen LogP contribution in [0.5, 0.6) is 5.75 Å². The van der Waals surface area contributed by atoms with E-state index in [0.29, 0.717) is 11.4 Å².